The highest BCUT2D eigenvalue weighted by Crippen LogP contribution is 2.39. The summed E-state index contributed by atoms with van der Waals surface area (Å²) in [5.74, 6) is -2.66. The van der Waals surface area contributed by atoms with E-state index in [1.54, 1.807) is 0 Å². The SMILES string of the molecule is CC1(C)C(NC(=O)/C(=N\OCC(=O)NOC(c2ccccc2)(c2ccccc2)c2ccccc2)c2csc(N)n2)C(=O)N1OS(=O)(=O)O. The van der Waals surface area contributed by atoms with Crippen LogP contribution in [0.15, 0.2) is 102 Å². The fourth-order valence-electron chi connectivity index (χ4n) is 5.03. The van der Waals surface area contributed by atoms with Crippen LogP contribution in [0.1, 0.15) is 36.2 Å². The van der Waals surface area contributed by atoms with Gasteiger partial charge in [-0.1, -0.05) is 96.2 Å². The summed E-state index contributed by atoms with van der Waals surface area (Å²) in [6, 6.07) is 26.7. The Hall–Kier alpha value is -5.20. The Morgan fingerprint density at radius 3 is 1.96 bits per heavy atom. The second-order valence-corrected chi connectivity index (χ2v) is 12.8. The molecule has 1 atom stereocenters. The molecular formula is C31H30N6O9S2. The number of anilines is 1. The van der Waals surface area contributed by atoms with Crippen LogP contribution >= 0.6 is 11.3 Å². The fourth-order valence-corrected chi connectivity index (χ4v) is 6.04. The number of nitrogen functional groups attached to an aromatic ring is 1. The zero-order valence-corrected chi connectivity index (χ0v) is 27.1. The molecule has 250 valence electrons. The lowest BCUT2D eigenvalue weighted by atomic mass is 9.80. The van der Waals surface area contributed by atoms with E-state index in [2.05, 4.69) is 25.2 Å². The van der Waals surface area contributed by atoms with Crippen molar-refractivity contribution in [2.75, 3.05) is 12.3 Å². The van der Waals surface area contributed by atoms with Gasteiger partial charge in [0.05, 0.1) is 5.54 Å². The molecule has 2 heterocycles. The van der Waals surface area contributed by atoms with E-state index < -0.39 is 57.6 Å². The van der Waals surface area contributed by atoms with Crippen LogP contribution in [0.3, 0.4) is 0 Å². The first-order chi connectivity index (χ1) is 22.8. The van der Waals surface area contributed by atoms with E-state index in [-0.39, 0.29) is 10.8 Å². The van der Waals surface area contributed by atoms with Crippen LogP contribution in [0.4, 0.5) is 5.13 Å². The van der Waals surface area contributed by atoms with Gasteiger partial charge in [-0.15, -0.1) is 15.6 Å². The number of β-lactam (4-membered cyclic amide) rings is 1. The highest BCUT2D eigenvalue weighted by atomic mass is 32.3. The number of hydroxylamine groups is 3. The molecule has 0 radical (unpaired) electrons. The van der Waals surface area contributed by atoms with Gasteiger partial charge in [-0.2, -0.15) is 13.5 Å². The van der Waals surface area contributed by atoms with Crippen molar-refractivity contribution in [2.45, 2.75) is 31.0 Å². The average molecular weight is 695 g/mol. The minimum Gasteiger partial charge on any atom is -0.385 e. The van der Waals surface area contributed by atoms with E-state index in [0.29, 0.717) is 5.06 Å². The summed E-state index contributed by atoms with van der Waals surface area (Å²) in [4.78, 5) is 54.5. The third-order valence-electron chi connectivity index (χ3n) is 7.31. The second kappa shape index (κ2) is 13.9. The third-order valence-corrected chi connectivity index (χ3v) is 8.32. The zero-order chi connectivity index (χ0) is 34.5. The number of hydrogen-bond acceptors (Lipinski definition) is 12. The predicted octanol–water partition coefficient (Wildman–Crippen LogP) is 2.33. The number of oxime groups is 1. The number of amides is 3. The van der Waals surface area contributed by atoms with Gasteiger partial charge >= 0.3 is 10.4 Å². The smallest absolute Gasteiger partial charge is 0.385 e. The van der Waals surface area contributed by atoms with Crippen molar-refractivity contribution in [2.24, 2.45) is 5.16 Å². The molecule has 3 amide bonds. The van der Waals surface area contributed by atoms with Crippen molar-refractivity contribution in [3.05, 3.63) is 119 Å². The van der Waals surface area contributed by atoms with E-state index in [4.69, 9.17) is 20.0 Å². The molecule has 17 heteroatoms. The summed E-state index contributed by atoms with van der Waals surface area (Å²) in [6.07, 6.45) is 0. The number of rotatable bonds is 13. The van der Waals surface area contributed by atoms with Crippen molar-refractivity contribution >= 4 is 50.3 Å². The van der Waals surface area contributed by atoms with E-state index in [1.165, 1.54) is 19.2 Å². The summed E-state index contributed by atoms with van der Waals surface area (Å²) in [5, 5.41) is 8.15. The number of benzene rings is 3. The highest BCUT2D eigenvalue weighted by molar-refractivity contribution is 7.80. The van der Waals surface area contributed by atoms with E-state index in [9.17, 15) is 22.8 Å². The van der Waals surface area contributed by atoms with Crippen LogP contribution in [0.2, 0.25) is 0 Å². The number of carbonyl (C=O) groups is 3. The molecule has 0 aliphatic carbocycles. The predicted molar refractivity (Wildman–Crippen MR) is 173 cm³/mol. The Morgan fingerprint density at radius 2 is 1.52 bits per heavy atom. The van der Waals surface area contributed by atoms with E-state index >= 15 is 0 Å². The quantitative estimate of drug-likeness (QED) is 0.0524. The molecule has 1 aromatic heterocycles. The van der Waals surface area contributed by atoms with Crippen molar-refractivity contribution < 1.29 is 41.3 Å². The first kappa shape index (κ1) is 34.1. The lowest BCUT2D eigenvalue weighted by Crippen LogP contribution is -2.76. The van der Waals surface area contributed by atoms with Crippen LogP contribution in [0, 0.1) is 0 Å². The van der Waals surface area contributed by atoms with Gasteiger partial charge < -0.3 is 15.9 Å². The van der Waals surface area contributed by atoms with Gasteiger partial charge in [-0.25, -0.2) is 10.5 Å². The summed E-state index contributed by atoms with van der Waals surface area (Å²) in [5.41, 5.74) is 7.29. The highest BCUT2D eigenvalue weighted by Gasteiger charge is 2.58. The minimum absolute atomic E-state index is 0.0153. The Kier molecular flexibility index (Phi) is 9.87. The number of nitrogens with zero attached hydrogens (tertiary/aromatic N) is 3. The molecule has 3 aromatic carbocycles. The van der Waals surface area contributed by atoms with Gasteiger partial charge in [0.15, 0.2) is 23.1 Å². The van der Waals surface area contributed by atoms with Crippen LogP contribution in [0.25, 0.3) is 0 Å². The van der Waals surface area contributed by atoms with E-state index in [0.717, 1.165) is 28.0 Å². The maximum absolute atomic E-state index is 13.3. The molecule has 5 rings (SSSR count). The van der Waals surface area contributed by atoms with Crippen LogP contribution in [-0.2, 0) is 44.3 Å². The van der Waals surface area contributed by atoms with Crippen LogP contribution in [-0.4, -0.2) is 64.6 Å². The Labute approximate surface area is 279 Å². The lowest BCUT2D eigenvalue weighted by Gasteiger charge is -2.50. The molecule has 48 heavy (non-hydrogen) atoms. The van der Waals surface area contributed by atoms with Crippen molar-refractivity contribution in [1.29, 1.82) is 0 Å². The Morgan fingerprint density at radius 1 is 1.00 bits per heavy atom. The fraction of sp³-hybridized carbons (Fsp3) is 0.194. The van der Waals surface area contributed by atoms with Crippen molar-refractivity contribution in [3.63, 3.8) is 0 Å². The summed E-state index contributed by atoms with van der Waals surface area (Å²) >= 11 is 1.00. The molecule has 5 N–H and O–H groups in total. The first-order valence-electron chi connectivity index (χ1n) is 14.2. The number of aromatic nitrogens is 1. The molecule has 0 bridgehead atoms. The molecule has 0 saturated carbocycles. The average Bonchev–Trinajstić information content (AvgIpc) is 3.51. The largest absolute Gasteiger partial charge is 0.418 e. The van der Waals surface area contributed by atoms with Crippen molar-refractivity contribution in [3.8, 4) is 0 Å². The van der Waals surface area contributed by atoms with Crippen molar-refractivity contribution in [1.82, 2.24) is 20.8 Å². The summed E-state index contributed by atoms with van der Waals surface area (Å²) in [7, 11) is -5.00. The standard InChI is InChI=1S/C31H30N6O9S2/c1-30(2)26(28(40)37(30)46-48(41,42)43)34-27(39)25(23-19-47-29(32)33-23)36-44-18-24(38)35-45-31(20-12-6-3-7-13-20,21-14-8-4-9-15-21)22-16-10-5-11-17-22/h3-17,19,26H,18H2,1-2H3,(H2,32,33)(H,34,39)(H,35,38)(H,41,42,43)/b36-25-. The molecule has 1 aliphatic heterocycles. The molecule has 0 spiro atoms. The van der Waals surface area contributed by atoms with Gasteiger partial charge in [0.1, 0.15) is 11.7 Å². The molecule has 1 unspecified atom stereocenters. The first-order valence-corrected chi connectivity index (χ1v) is 16.4. The van der Waals surface area contributed by atoms with Gasteiger partial charge in [-0.3, -0.25) is 23.8 Å². The van der Waals surface area contributed by atoms with Gasteiger partial charge in [0, 0.05) is 5.38 Å². The maximum Gasteiger partial charge on any atom is 0.418 e. The molecule has 1 saturated heterocycles. The Balaban J connectivity index is 1.34. The molecule has 1 fully saturated rings. The normalized spacial score (nSPS) is 16.1. The van der Waals surface area contributed by atoms with Crippen LogP contribution < -0.4 is 16.5 Å². The van der Waals surface area contributed by atoms with Crippen LogP contribution in [0.5, 0.6) is 0 Å². The number of thiazole rings is 1. The summed E-state index contributed by atoms with van der Waals surface area (Å²) < 4.78 is 35.6. The Bertz CT molecular complexity index is 1820. The molecule has 15 nitrogen and oxygen atoms in total. The maximum atomic E-state index is 13.3. The monoisotopic (exact) mass is 694 g/mol. The minimum atomic E-state index is -5.00. The molecular weight excluding hydrogens is 665 g/mol. The summed E-state index contributed by atoms with van der Waals surface area (Å²) in [6.45, 7) is 2.08. The lowest BCUT2D eigenvalue weighted by molar-refractivity contribution is -0.218. The third kappa shape index (κ3) is 7.19. The zero-order valence-electron chi connectivity index (χ0n) is 25.5. The molecule has 4 aromatic rings. The number of hydrogen-bond donors (Lipinski definition) is 4. The number of nitrogens with two attached hydrogens (primary N) is 1. The second-order valence-electron chi connectivity index (χ2n) is 10.9. The van der Waals surface area contributed by atoms with Gasteiger partial charge in [0.2, 0.25) is 0 Å². The van der Waals surface area contributed by atoms with Gasteiger partial charge in [-0.05, 0) is 30.5 Å². The number of carbonyl (C=O) groups excluding carboxylic acids is 3. The molecule has 1 aliphatic rings. The number of nitrogens with one attached hydrogen (secondary N) is 2. The van der Waals surface area contributed by atoms with E-state index in [1.807, 2.05) is 91.0 Å². The topological polar surface area (TPSA) is 212 Å². The van der Waals surface area contributed by atoms with Gasteiger partial charge in [0.25, 0.3) is 17.7 Å².